The Balaban J connectivity index is 4.22. The summed E-state index contributed by atoms with van der Waals surface area (Å²) in [5, 5.41) is 8.90. The number of unbranched alkanes of at least 4 members (excludes halogenated alkanes) is 30. The van der Waals surface area contributed by atoms with E-state index in [-0.39, 0.29) is 19.4 Å². The molecule has 0 aliphatic carbocycles. The minimum atomic E-state index is -4.71. The third-order valence-corrected chi connectivity index (χ3v) is 11.7. The van der Waals surface area contributed by atoms with Crippen molar-refractivity contribution in [2.24, 2.45) is 5.73 Å². The van der Waals surface area contributed by atoms with E-state index >= 15 is 0 Å². The Morgan fingerprint density at radius 3 is 1.29 bits per heavy atom. The number of carbonyl (C=O) groups is 3. The summed E-state index contributed by atoms with van der Waals surface area (Å²) in [5.74, 6) is -2.36. The lowest BCUT2D eigenvalue weighted by Gasteiger charge is -2.20. The summed E-state index contributed by atoms with van der Waals surface area (Å²) in [5.41, 5.74) is 5.34. The highest BCUT2D eigenvalue weighted by molar-refractivity contribution is 7.47. The molecule has 59 heavy (non-hydrogen) atoms. The molecule has 12 heteroatoms. The highest BCUT2D eigenvalue weighted by Crippen LogP contribution is 2.43. The second kappa shape index (κ2) is 42.9. The quantitative estimate of drug-likeness (QED) is 0.0230. The predicted molar refractivity (Wildman–Crippen MR) is 240 cm³/mol. The van der Waals surface area contributed by atoms with Gasteiger partial charge in [-0.3, -0.25) is 23.4 Å². The van der Waals surface area contributed by atoms with Crippen LogP contribution in [0.1, 0.15) is 239 Å². The molecular weight excluding hydrogens is 769 g/mol. The fourth-order valence-electron chi connectivity index (χ4n) is 6.93. The average molecular weight is 860 g/mol. The molecule has 0 amide bonds. The summed E-state index contributed by atoms with van der Waals surface area (Å²) in [7, 11) is -4.71. The second-order valence-electron chi connectivity index (χ2n) is 16.6. The minimum absolute atomic E-state index is 0.163. The number of carboxylic acids is 1. The maximum Gasteiger partial charge on any atom is 0.472 e. The standard InChI is InChI=1S/C47H90NO10P/c1-3-5-7-9-11-13-15-17-19-20-21-22-23-25-26-28-30-32-34-36-38-45(49)55-40-43(41-56-59(53,54)57-42-44(48)47(51)52)58-46(50)39-37-35-33-31-29-27-24-18-16-14-12-10-8-6-4-2/h10,12,43-44H,3-9,11,13-42,48H2,1-2H3,(H,51,52)(H,53,54)/b12-10+/t43-,44+/m0/s1. The van der Waals surface area contributed by atoms with E-state index in [1.165, 1.54) is 161 Å². The van der Waals surface area contributed by atoms with Crippen molar-refractivity contribution in [3.8, 4) is 0 Å². The number of aliphatic carboxylic acids is 1. The number of hydrogen-bond acceptors (Lipinski definition) is 9. The van der Waals surface area contributed by atoms with Crippen LogP contribution >= 0.6 is 7.82 Å². The van der Waals surface area contributed by atoms with Crippen molar-refractivity contribution >= 4 is 25.7 Å². The molecule has 0 radical (unpaired) electrons. The summed E-state index contributed by atoms with van der Waals surface area (Å²) >= 11 is 0. The number of phosphoric acid groups is 1. The predicted octanol–water partition coefficient (Wildman–Crippen LogP) is 13.2. The van der Waals surface area contributed by atoms with Crippen LogP contribution in [0.4, 0.5) is 0 Å². The number of rotatable bonds is 46. The number of carbonyl (C=O) groups excluding carboxylic acids is 2. The summed E-state index contributed by atoms with van der Waals surface area (Å²) in [6, 6.07) is -1.52. The topological polar surface area (TPSA) is 172 Å². The smallest absolute Gasteiger partial charge is 0.472 e. The number of esters is 2. The Hall–Kier alpha value is -1.78. The number of hydrogen-bond donors (Lipinski definition) is 3. The first-order valence-electron chi connectivity index (χ1n) is 24.2. The number of nitrogens with two attached hydrogens (primary N) is 1. The Morgan fingerprint density at radius 1 is 0.508 bits per heavy atom. The van der Waals surface area contributed by atoms with Crippen molar-refractivity contribution in [1.29, 1.82) is 0 Å². The number of allylic oxidation sites excluding steroid dienone is 2. The van der Waals surface area contributed by atoms with Crippen LogP contribution in [0.5, 0.6) is 0 Å². The van der Waals surface area contributed by atoms with E-state index < -0.39 is 51.1 Å². The van der Waals surface area contributed by atoms with Crippen LogP contribution in [0, 0.1) is 0 Å². The Kier molecular flexibility index (Phi) is 41.6. The van der Waals surface area contributed by atoms with Gasteiger partial charge in [-0.25, -0.2) is 4.57 Å². The van der Waals surface area contributed by atoms with Gasteiger partial charge in [-0.15, -0.1) is 0 Å². The van der Waals surface area contributed by atoms with Crippen molar-refractivity contribution in [3.63, 3.8) is 0 Å². The molecule has 11 nitrogen and oxygen atoms in total. The molecule has 0 saturated heterocycles. The summed E-state index contributed by atoms with van der Waals surface area (Å²) < 4.78 is 32.8. The van der Waals surface area contributed by atoms with Crippen molar-refractivity contribution < 1.29 is 47.5 Å². The SMILES string of the molecule is CCCC/C=C/CCCCCCCCCCCC(=O)O[C@@H](COC(=O)CCCCCCCCCCCCCCCCCCCCCC)COP(=O)(O)OC[C@@H](N)C(=O)O. The zero-order valence-electron chi connectivity index (χ0n) is 37.9. The Morgan fingerprint density at radius 2 is 0.864 bits per heavy atom. The van der Waals surface area contributed by atoms with Crippen LogP contribution in [0.3, 0.4) is 0 Å². The maximum absolute atomic E-state index is 12.6. The van der Waals surface area contributed by atoms with E-state index in [9.17, 15) is 23.8 Å². The molecule has 0 rings (SSSR count). The van der Waals surface area contributed by atoms with Gasteiger partial charge in [0.1, 0.15) is 12.6 Å². The number of carboxylic acid groups (broad SMARTS) is 1. The zero-order valence-corrected chi connectivity index (χ0v) is 38.8. The first kappa shape index (κ1) is 57.2. The van der Waals surface area contributed by atoms with Crippen molar-refractivity contribution in [3.05, 3.63) is 12.2 Å². The molecule has 0 aromatic rings. The fraction of sp³-hybridized carbons (Fsp3) is 0.894. The molecule has 348 valence electrons. The molecule has 3 atom stereocenters. The number of ether oxygens (including phenoxy) is 2. The highest BCUT2D eigenvalue weighted by Gasteiger charge is 2.28. The molecule has 0 aromatic carbocycles. The zero-order chi connectivity index (χ0) is 43.5. The first-order chi connectivity index (χ1) is 28.6. The van der Waals surface area contributed by atoms with Gasteiger partial charge < -0.3 is 25.2 Å². The lowest BCUT2D eigenvalue weighted by molar-refractivity contribution is -0.161. The van der Waals surface area contributed by atoms with Crippen LogP contribution in [-0.2, 0) is 37.5 Å². The van der Waals surface area contributed by atoms with Gasteiger partial charge in [-0.05, 0) is 32.1 Å². The van der Waals surface area contributed by atoms with Gasteiger partial charge in [0, 0.05) is 12.8 Å². The third kappa shape index (κ3) is 42.7. The molecule has 0 bridgehead atoms. The molecule has 4 N–H and O–H groups in total. The minimum Gasteiger partial charge on any atom is -0.480 e. The van der Waals surface area contributed by atoms with Crippen LogP contribution in [0.25, 0.3) is 0 Å². The van der Waals surface area contributed by atoms with E-state index in [2.05, 4.69) is 30.5 Å². The van der Waals surface area contributed by atoms with E-state index in [1.807, 2.05) is 0 Å². The van der Waals surface area contributed by atoms with Gasteiger partial charge in [-0.1, -0.05) is 206 Å². The van der Waals surface area contributed by atoms with Gasteiger partial charge in [0.15, 0.2) is 6.10 Å². The maximum atomic E-state index is 12.6. The summed E-state index contributed by atoms with van der Waals surface area (Å²) in [4.78, 5) is 46.1. The van der Waals surface area contributed by atoms with E-state index in [0.717, 1.165) is 38.5 Å². The summed E-state index contributed by atoms with van der Waals surface area (Å²) in [6.45, 7) is 2.81. The van der Waals surface area contributed by atoms with Gasteiger partial charge in [-0.2, -0.15) is 0 Å². The van der Waals surface area contributed by atoms with E-state index in [4.69, 9.17) is 24.8 Å². The lowest BCUT2D eigenvalue weighted by atomic mass is 10.0. The van der Waals surface area contributed by atoms with Crippen LogP contribution in [0.2, 0.25) is 0 Å². The van der Waals surface area contributed by atoms with Gasteiger partial charge in [0.2, 0.25) is 0 Å². The van der Waals surface area contributed by atoms with Crippen molar-refractivity contribution in [2.75, 3.05) is 19.8 Å². The molecule has 0 saturated carbocycles. The molecule has 0 aliphatic heterocycles. The van der Waals surface area contributed by atoms with Crippen LogP contribution in [-0.4, -0.2) is 59.9 Å². The normalized spacial score (nSPS) is 13.7. The molecular formula is C47H90NO10P. The van der Waals surface area contributed by atoms with Crippen LogP contribution < -0.4 is 5.73 Å². The van der Waals surface area contributed by atoms with Crippen molar-refractivity contribution in [2.45, 2.75) is 251 Å². The Bertz CT molecular complexity index is 1060. The van der Waals surface area contributed by atoms with E-state index in [1.54, 1.807) is 0 Å². The van der Waals surface area contributed by atoms with Gasteiger partial charge in [0.25, 0.3) is 0 Å². The van der Waals surface area contributed by atoms with Crippen LogP contribution in [0.15, 0.2) is 12.2 Å². The molecule has 0 fully saturated rings. The fourth-order valence-corrected chi connectivity index (χ4v) is 7.71. The second-order valence-corrected chi connectivity index (χ2v) is 18.1. The molecule has 0 spiro atoms. The highest BCUT2D eigenvalue weighted by atomic mass is 31.2. The number of phosphoric ester groups is 1. The largest absolute Gasteiger partial charge is 0.480 e. The lowest BCUT2D eigenvalue weighted by Crippen LogP contribution is -2.34. The Labute approximate surface area is 360 Å². The monoisotopic (exact) mass is 860 g/mol. The molecule has 1 unspecified atom stereocenters. The van der Waals surface area contributed by atoms with E-state index in [0.29, 0.717) is 12.8 Å². The van der Waals surface area contributed by atoms with Gasteiger partial charge in [0.05, 0.1) is 13.2 Å². The molecule has 0 aliphatic rings. The van der Waals surface area contributed by atoms with Gasteiger partial charge >= 0.3 is 25.7 Å². The average Bonchev–Trinajstić information content (AvgIpc) is 3.21. The van der Waals surface area contributed by atoms with Crippen molar-refractivity contribution in [1.82, 2.24) is 0 Å². The molecule has 0 heterocycles. The molecule has 0 aromatic heterocycles. The summed E-state index contributed by atoms with van der Waals surface area (Å²) in [6.07, 6.45) is 44.2. The first-order valence-corrected chi connectivity index (χ1v) is 25.7. The third-order valence-electron chi connectivity index (χ3n) is 10.8.